The molecule has 4 rings (SSSR count). The maximum absolute atomic E-state index is 13.6. The molecule has 0 fully saturated rings. The third-order valence-corrected chi connectivity index (χ3v) is 6.43. The predicted molar refractivity (Wildman–Crippen MR) is 141 cm³/mol. The first-order chi connectivity index (χ1) is 18.2. The number of benzene rings is 2. The number of carbonyl (C=O) groups excluding carboxylic acids is 1. The van der Waals surface area contributed by atoms with Crippen LogP contribution in [0.3, 0.4) is 0 Å². The van der Waals surface area contributed by atoms with Gasteiger partial charge in [0.25, 0.3) is 5.56 Å². The van der Waals surface area contributed by atoms with Crippen molar-refractivity contribution in [3.05, 3.63) is 99.7 Å². The molecule has 0 bridgehead atoms. The van der Waals surface area contributed by atoms with Crippen molar-refractivity contribution in [3.8, 4) is 22.6 Å². The molecular formula is C28H25ClFN3O5. The normalized spacial score (nSPS) is 11.8. The summed E-state index contributed by atoms with van der Waals surface area (Å²) in [6.07, 6.45) is 5.13. The Hall–Kier alpha value is -4.24. The van der Waals surface area contributed by atoms with Gasteiger partial charge in [-0.3, -0.25) is 9.59 Å². The molecule has 1 unspecified atom stereocenters. The molecule has 0 spiro atoms. The van der Waals surface area contributed by atoms with Crippen LogP contribution >= 0.6 is 11.6 Å². The highest BCUT2D eigenvalue weighted by molar-refractivity contribution is 6.31. The number of hydrogen-bond donors (Lipinski definition) is 1. The van der Waals surface area contributed by atoms with Crippen molar-refractivity contribution in [3.63, 3.8) is 0 Å². The van der Waals surface area contributed by atoms with E-state index in [0.29, 0.717) is 46.0 Å². The molecule has 196 valence electrons. The van der Waals surface area contributed by atoms with Crippen molar-refractivity contribution in [2.75, 3.05) is 7.11 Å². The van der Waals surface area contributed by atoms with Gasteiger partial charge in [0.1, 0.15) is 12.1 Å². The van der Waals surface area contributed by atoms with Crippen LogP contribution in [0.5, 0.6) is 5.75 Å². The van der Waals surface area contributed by atoms with E-state index in [1.165, 1.54) is 53.2 Å². The van der Waals surface area contributed by atoms with Gasteiger partial charge in [0, 0.05) is 28.6 Å². The zero-order valence-corrected chi connectivity index (χ0v) is 21.5. The van der Waals surface area contributed by atoms with E-state index in [0.717, 1.165) is 0 Å². The fraction of sp³-hybridized carbons (Fsp3) is 0.214. The molecular weight excluding hydrogens is 513 g/mol. The third-order valence-electron chi connectivity index (χ3n) is 6.19. The number of aromatic carboxylic acids is 1. The average Bonchev–Trinajstić information content (AvgIpc) is 3.33. The molecule has 0 saturated heterocycles. The van der Waals surface area contributed by atoms with Crippen molar-refractivity contribution in [2.45, 2.75) is 32.2 Å². The number of hydrogen-bond acceptors (Lipinski definition) is 5. The summed E-state index contributed by atoms with van der Waals surface area (Å²) in [5.74, 6) is -1.57. The van der Waals surface area contributed by atoms with E-state index in [2.05, 4.69) is 4.98 Å². The monoisotopic (exact) mass is 537 g/mol. The second-order valence-corrected chi connectivity index (χ2v) is 9.15. The lowest BCUT2D eigenvalue weighted by Gasteiger charge is -2.21. The van der Waals surface area contributed by atoms with E-state index in [1.54, 1.807) is 30.3 Å². The molecule has 2 aromatic heterocycles. The Morgan fingerprint density at radius 1 is 1.11 bits per heavy atom. The van der Waals surface area contributed by atoms with E-state index in [4.69, 9.17) is 21.4 Å². The van der Waals surface area contributed by atoms with Crippen LogP contribution in [0.15, 0.2) is 72.0 Å². The highest BCUT2D eigenvalue weighted by atomic mass is 35.5. The van der Waals surface area contributed by atoms with Crippen molar-refractivity contribution >= 4 is 23.4 Å². The van der Waals surface area contributed by atoms with E-state index in [1.807, 2.05) is 6.92 Å². The first kappa shape index (κ1) is 26.8. The number of carbonyl (C=O) groups is 2. The zero-order chi connectivity index (χ0) is 27.4. The molecule has 2 aromatic carbocycles. The van der Waals surface area contributed by atoms with Gasteiger partial charge in [0.05, 0.1) is 36.8 Å². The maximum atomic E-state index is 13.6. The number of rotatable bonds is 10. The third kappa shape index (κ3) is 5.68. The molecule has 10 heteroatoms. The summed E-state index contributed by atoms with van der Waals surface area (Å²) >= 11 is 6.26. The highest BCUT2D eigenvalue weighted by Crippen LogP contribution is 2.35. The number of nitrogens with zero attached hydrogens (tertiary/aromatic N) is 3. The molecule has 0 aliphatic rings. The Labute approximate surface area is 222 Å². The molecule has 38 heavy (non-hydrogen) atoms. The summed E-state index contributed by atoms with van der Waals surface area (Å²) in [6.45, 7) is 1.92. The van der Waals surface area contributed by atoms with E-state index in [-0.39, 0.29) is 17.8 Å². The number of Topliss-reactive ketones (excluding diaryl/α,β-unsaturated/α-hetero) is 1. The summed E-state index contributed by atoms with van der Waals surface area (Å²) in [6, 6.07) is 11.7. The lowest BCUT2D eigenvalue weighted by molar-refractivity contribution is -0.121. The van der Waals surface area contributed by atoms with Gasteiger partial charge in [-0.15, -0.1) is 0 Å². The maximum Gasteiger partial charge on any atom is 0.335 e. The van der Waals surface area contributed by atoms with Gasteiger partial charge >= 0.3 is 5.97 Å². The van der Waals surface area contributed by atoms with Crippen molar-refractivity contribution in [1.29, 1.82) is 0 Å². The Morgan fingerprint density at radius 2 is 1.84 bits per heavy atom. The number of aromatic nitrogens is 3. The van der Waals surface area contributed by atoms with Gasteiger partial charge < -0.3 is 19.0 Å². The summed E-state index contributed by atoms with van der Waals surface area (Å²) < 4.78 is 22.1. The number of ether oxygens (including phenoxy) is 1. The van der Waals surface area contributed by atoms with Crippen LogP contribution in [0.4, 0.5) is 4.39 Å². The van der Waals surface area contributed by atoms with Gasteiger partial charge in [-0.1, -0.05) is 37.1 Å². The molecule has 0 aliphatic heterocycles. The first-order valence-corrected chi connectivity index (χ1v) is 12.2. The smallest absolute Gasteiger partial charge is 0.335 e. The Bertz CT molecular complexity index is 1550. The van der Waals surface area contributed by atoms with E-state index < -0.39 is 23.5 Å². The molecule has 2 heterocycles. The minimum Gasteiger partial charge on any atom is -0.495 e. The topological polar surface area (TPSA) is 103 Å². The first-order valence-electron chi connectivity index (χ1n) is 11.9. The molecule has 0 aliphatic carbocycles. The minimum absolute atomic E-state index is 0.0334. The molecule has 0 saturated carbocycles. The lowest BCUT2D eigenvalue weighted by atomic mass is 9.98. The number of pyridine rings is 1. The SMILES string of the molecule is CCCC(C(=O)Cc1ccc(C(=O)O)cc1)n1cc(OC)c(-c2cc(Cl)ccc2-n2cnc(F)c2)cc1=O. The van der Waals surface area contributed by atoms with Crippen LogP contribution in [0.2, 0.25) is 5.02 Å². The van der Waals surface area contributed by atoms with Gasteiger partial charge in [0.15, 0.2) is 5.78 Å². The van der Waals surface area contributed by atoms with Crippen molar-refractivity contribution < 1.29 is 23.8 Å². The Kier molecular flexibility index (Phi) is 8.07. The second-order valence-electron chi connectivity index (χ2n) is 8.72. The summed E-state index contributed by atoms with van der Waals surface area (Å²) in [7, 11) is 1.45. The molecule has 4 aromatic rings. The van der Waals surface area contributed by atoms with E-state index >= 15 is 0 Å². The molecule has 1 atom stereocenters. The summed E-state index contributed by atoms with van der Waals surface area (Å²) in [5.41, 5.74) is 1.83. The summed E-state index contributed by atoms with van der Waals surface area (Å²) in [4.78, 5) is 41.5. The molecule has 8 nitrogen and oxygen atoms in total. The van der Waals surface area contributed by atoms with E-state index in [9.17, 15) is 18.8 Å². The van der Waals surface area contributed by atoms with Crippen LogP contribution in [0.25, 0.3) is 16.8 Å². The van der Waals surface area contributed by atoms with Gasteiger partial charge in [0.2, 0.25) is 5.95 Å². The number of halogens is 2. The quantitative estimate of drug-likeness (QED) is 0.292. The standard InChI is InChI=1S/C28H25ClFN3O5/c1-3-4-23(24(34)11-17-5-7-18(8-6-17)28(36)37)33-14-25(38-2)21(13-27(33)35)20-12-19(29)9-10-22(20)32-15-26(30)31-16-32/h5-10,12-16,23H,3-4,11H2,1-2H3,(H,36,37). The fourth-order valence-electron chi connectivity index (χ4n) is 4.34. The van der Waals surface area contributed by atoms with Crippen molar-refractivity contribution in [1.82, 2.24) is 14.1 Å². The zero-order valence-electron chi connectivity index (χ0n) is 20.7. The van der Waals surface area contributed by atoms with Crippen LogP contribution in [-0.4, -0.2) is 38.1 Å². The number of ketones is 1. The van der Waals surface area contributed by atoms with Crippen LogP contribution in [0, 0.1) is 5.95 Å². The predicted octanol–water partition coefficient (Wildman–Crippen LogP) is 5.35. The fourth-order valence-corrected chi connectivity index (χ4v) is 4.51. The highest BCUT2D eigenvalue weighted by Gasteiger charge is 2.24. The van der Waals surface area contributed by atoms with Gasteiger partial charge in [-0.25, -0.2) is 9.78 Å². The summed E-state index contributed by atoms with van der Waals surface area (Å²) in [5, 5.41) is 9.51. The minimum atomic E-state index is -1.05. The Balaban J connectivity index is 1.74. The number of carboxylic acid groups (broad SMARTS) is 1. The second kappa shape index (κ2) is 11.4. The van der Waals surface area contributed by atoms with Crippen LogP contribution in [0.1, 0.15) is 41.7 Å². The Morgan fingerprint density at radius 3 is 2.45 bits per heavy atom. The van der Waals surface area contributed by atoms with Crippen LogP contribution in [-0.2, 0) is 11.2 Å². The molecule has 0 radical (unpaired) electrons. The largest absolute Gasteiger partial charge is 0.495 e. The number of carboxylic acids is 1. The van der Waals surface area contributed by atoms with Crippen LogP contribution < -0.4 is 10.3 Å². The molecule has 0 amide bonds. The van der Waals surface area contributed by atoms with Gasteiger partial charge in [-0.05, 0) is 42.3 Å². The average molecular weight is 538 g/mol. The van der Waals surface area contributed by atoms with Gasteiger partial charge in [-0.2, -0.15) is 4.39 Å². The number of methoxy groups -OCH3 is 1. The lowest BCUT2D eigenvalue weighted by Crippen LogP contribution is -2.30. The van der Waals surface area contributed by atoms with Crippen molar-refractivity contribution in [2.24, 2.45) is 0 Å². The molecule has 1 N–H and O–H groups in total. The number of imidazole rings is 1.